The van der Waals surface area contributed by atoms with Crippen molar-refractivity contribution in [1.29, 1.82) is 0 Å². The van der Waals surface area contributed by atoms with Crippen molar-refractivity contribution in [3.05, 3.63) is 57.5 Å². The highest BCUT2D eigenvalue weighted by atomic mass is 32.1. The van der Waals surface area contributed by atoms with Gasteiger partial charge in [0.25, 0.3) is 5.91 Å². The molecule has 31 heavy (non-hydrogen) atoms. The van der Waals surface area contributed by atoms with E-state index < -0.39 is 11.9 Å². The van der Waals surface area contributed by atoms with Crippen LogP contribution in [0.2, 0.25) is 0 Å². The van der Waals surface area contributed by atoms with Gasteiger partial charge in [0.2, 0.25) is 5.91 Å². The molecular formula is C24H30N2O4S. The van der Waals surface area contributed by atoms with Crippen LogP contribution in [-0.4, -0.2) is 43.4 Å². The summed E-state index contributed by atoms with van der Waals surface area (Å²) in [5.41, 5.74) is 2.87. The van der Waals surface area contributed by atoms with Gasteiger partial charge >= 0.3 is 5.97 Å². The molecule has 0 radical (unpaired) electrons. The molecule has 0 aliphatic rings. The van der Waals surface area contributed by atoms with E-state index in [0.29, 0.717) is 15.4 Å². The summed E-state index contributed by atoms with van der Waals surface area (Å²) in [5.74, 6) is -1.19. The number of hydrogen-bond acceptors (Lipinski definition) is 5. The summed E-state index contributed by atoms with van der Waals surface area (Å²) < 4.78 is 5.13. The van der Waals surface area contributed by atoms with E-state index in [4.69, 9.17) is 4.74 Å². The van der Waals surface area contributed by atoms with E-state index in [1.807, 2.05) is 24.3 Å². The zero-order chi connectivity index (χ0) is 23.3. The van der Waals surface area contributed by atoms with Gasteiger partial charge in [-0.25, -0.2) is 4.79 Å². The molecule has 2 aromatic rings. The number of carbonyl (C=O) groups is 3. The zero-order valence-electron chi connectivity index (χ0n) is 19.2. The van der Waals surface area contributed by atoms with Crippen molar-refractivity contribution in [1.82, 2.24) is 4.90 Å². The van der Waals surface area contributed by atoms with Crippen LogP contribution in [0.5, 0.6) is 0 Å². The summed E-state index contributed by atoms with van der Waals surface area (Å²) in [7, 11) is 3.27. The average Bonchev–Trinajstić information content (AvgIpc) is 3.01. The van der Waals surface area contributed by atoms with Crippen LogP contribution in [-0.2, 0) is 14.9 Å². The van der Waals surface area contributed by atoms with Crippen molar-refractivity contribution in [3.63, 3.8) is 0 Å². The third kappa shape index (κ3) is 6.04. The van der Waals surface area contributed by atoms with Crippen LogP contribution in [0.25, 0.3) is 6.08 Å². The highest BCUT2D eigenvalue weighted by Gasteiger charge is 2.27. The van der Waals surface area contributed by atoms with E-state index >= 15 is 0 Å². The average molecular weight is 443 g/mol. The van der Waals surface area contributed by atoms with Gasteiger partial charge in [0.1, 0.15) is 5.00 Å². The van der Waals surface area contributed by atoms with Crippen molar-refractivity contribution < 1.29 is 19.1 Å². The summed E-state index contributed by atoms with van der Waals surface area (Å²) in [5, 5.41) is 3.04. The summed E-state index contributed by atoms with van der Waals surface area (Å²) in [4.78, 5) is 39.3. The van der Waals surface area contributed by atoms with E-state index in [0.717, 1.165) is 16.9 Å². The predicted molar refractivity (Wildman–Crippen MR) is 126 cm³/mol. The van der Waals surface area contributed by atoms with Crippen molar-refractivity contribution >= 4 is 40.2 Å². The minimum Gasteiger partial charge on any atom is -0.462 e. The first-order valence-corrected chi connectivity index (χ1v) is 10.9. The molecule has 1 heterocycles. The topological polar surface area (TPSA) is 75.7 Å². The fourth-order valence-corrected chi connectivity index (χ4v) is 4.10. The lowest BCUT2D eigenvalue weighted by atomic mass is 9.87. The summed E-state index contributed by atoms with van der Waals surface area (Å²) in [6.45, 7) is 10.0. The molecule has 0 fully saturated rings. The Morgan fingerprint density at radius 2 is 1.74 bits per heavy atom. The molecule has 0 unspecified atom stereocenters. The quantitative estimate of drug-likeness (QED) is 0.511. The monoisotopic (exact) mass is 442 g/mol. The molecule has 0 atom stereocenters. The molecule has 2 amide bonds. The molecule has 0 aliphatic heterocycles. The zero-order valence-corrected chi connectivity index (χ0v) is 20.0. The number of nitrogens with zero attached hydrogens (tertiary/aromatic N) is 1. The van der Waals surface area contributed by atoms with E-state index in [1.165, 1.54) is 16.5 Å². The Morgan fingerprint density at radius 1 is 1.13 bits per heavy atom. The normalized spacial score (nSPS) is 11.5. The molecule has 0 aliphatic carbocycles. The molecule has 1 N–H and O–H groups in total. The van der Waals surface area contributed by atoms with Crippen LogP contribution in [0, 0.1) is 6.92 Å². The molecular weight excluding hydrogens is 412 g/mol. The number of anilines is 1. The van der Waals surface area contributed by atoms with Gasteiger partial charge in [0, 0.05) is 20.2 Å². The summed E-state index contributed by atoms with van der Waals surface area (Å²) in [6, 6.07) is 7.99. The first-order chi connectivity index (χ1) is 14.5. The van der Waals surface area contributed by atoms with Crippen LogP contribution in [0.1, 0.15) is 64.4 Å². The number of carbonyl (C=O) groups excluding carboxylic acids is 3. The Hall–Kier alpha value is -2.93. The predicted octanol–water partition coefficient (Wildman–Crippen LogP) is 4.88. The van der Waals surface area contributed by atoms with E-state index in [-0.39, 0.29) is 23.5 Å². The molecule has 0 saturated heterocycles. The lowest BCUT2D eigenvalue weighted by molar-refractivity contribution is -0.111. The fourth-order valence-electron chi connectivity index (χ4n) is 2.88. The third-order valence-electron chi connectivity index (χ3n) is 4.67. The van der Waals surface area contributed by atoms with Gasteiger partial charge < -0.3 is 15.0 Å². The van der Waals surface area contributed by atoms with Gasteiger partial charge in [-0.05, 0) is 42.0 Å². The van der Waals surface area contributed by atoms with Gasteiger partial charge in [0.15, 0.2) is 0 Å². The second-order valence-electron chi connectivity index (χ2n) is 8.37. The highest BCUT2D eigenvalue weighted by molar-refractivity contribution is 7.18. The maximum Gasteiger partial charge on any atom is 0.341 e. The number of nitrogens with one attached hydrogen (secondary N) is 1. The molecule has 0 bridgehead atoms. The maximum atomic E-state index is 12.5. The smallest absolute Gasteiger partial charge is 0.341 e. The Labute approximate surface area is 187 Å². The molecule has 7 heteroatoms. The van der Waals surface area contributed by atoms with Gasteiger partial charge in [-0.1, -0.05) is 45.0 Å². The van der Waals surface area contributed by atoms with Gasteiger partial charge in [-0.15, -0.1) is 11.3 Å². The molecule has 1 aromatic heterocycles. The van der Waals surface area contributed by atoms with E-state index in [1.54, 1.807) is 34.0 Å². The number of amides is 2. The Balaban J connectivity index is 2.26. The molecule has 0 saturated carbocycles. The highest BCUT2D eigenvalue weighted by Crippen LogP contribution is 2.34. The van der Waals surface area contributed by atoms with Crippen molar-refractivity contribution in [2.75, 3.05) is 26.0 Å². The van der Waals surface area contributed by atoms with Crippen LogP contribution >= 0.6 is 11.3 Å². The first-order valence-electron chi connectivity index (χ1n) is 10.1. The Kier molecular flexibility index (Phi) is 7.79. The lowest BCUT2D eigenvalue weighted by Crippen LogP contribution is -2.21. The molecule has 1 aromatic carbocycles. The largest absolute Gasteiger partial charge is 0.462 e. The minimum absolute atomic E-state index is 0.0574. The second-order valence-corrected chi connectivity index (χ2v) is 9.40. The molecule has 6 nitrogen and oxygen atoms in total. The fraction of sp³-hybridized carbons (Fsp3) is 0.375. The van der Waals surface area contributed by atoms with Crippen LogP contribution < -0.4 is 5.32 Å². The van der Waals surface area contributed by atoms with Crippen molar-refractivity contribution in [2.24, 2.45) is 0 Å². The summed E-state index contributed by atoms with van der Waals surface area (Å²) >= 11 is 1.07. The lowest BCUT2D eigenvalue weighted by Gasteiger charge is -2.18. The van der Waals surface area contributed by atoms with Crippen LogP contribution in [0.15, 0.2) is 30.3 Å². The third-order valence-corrected chi connectivity index (χ3v) is 5.86. The Bertz CT molecular complexity index is 996. The number of thiophene rings is 1. The number of hydrogen-bond donors (Lipinski definition) is 1. The second kappa shape index (κ2) is 9.92. The Morgan fingerprint density at radius 3 is 2.26 bits per heavy atom. The molecule has 2 rings (SSSR count). The number of rotatable bonds is 6. The minimum atomic E-state index is -0.564. The molecule has 166 valence electrons. The first kappa shape index (κ1) is 24.3. The van der Waals surface area contributed by atoms with Crippen molar-refractivity contribution in [2.45, 2.75) is 40.0 Å². The number of esters is 1. The van der Waals surface area contributed by atoms with Gasteiger partial charge in [-0.2, -0.15) is 0 Å². The van der Waals surface area contributed by atoms with E-state index in [9.17, 15) is 14.4 Å². The molecule has 0 spiro atoms. The van der Waals surface area contributed by atoms with Gasteiger partial charge in [0.05, 0.1) is 17.0 Å². The van der Waals surface area contributed by atoms with Gasteiger partial charge in [-0.3, -0.25) is 9.59 Å². The standard InChI is InChI=1S/C24H30N2O4S/c1-8-30-23(29)19-15(2)20(22(28)26(6)7)31-21(19)25-18(27)14-11-16-9-12-17(13-10-16)24(3,4)5/h9-14H,8H2,1-7H3,(H,25,27). The van der Waals surface area contributed by atoms with Crippen molar-refractivity contribution in [3.8, 4) is 0 Å². The SMILES string of the molecule is CCOC(=O)c1c(NC(=O)C=Cc2ccc(C(C)(C)C)cc2)sc(C(=O)N(C)C)c1C. The maximum absolute atomic E-state index is 12.5. The summed E-state index contributed by atoms with van der Waals surface area (Å²) in [6.07, 6.45) is 3.11. The van der Waals surface area contributed by atoms with Crippen LogP contribution in [0.3, 0.4) is 0 Å². The number of ether oxygens (including phenoxy) is 1. The van der Waals surface area contributed by atoms with Crippen LogP contribution in [0.4, 0.5) is 5.00 Å². The number of benzene rings is 1. The van der Waals surface area contributed by atoms with E-state index in [2.05, 4.69) is 26.1 Å².